The van der Waals surface area contributed by atoms with Gasteiger partial charge in [-0.2, -0.15) is 0 Å². The molecule has 5 heteroatoms. The van der Waals surface area contributed by atoms with Crippen LogP contribution in [0.1, 0.15) is 32.7 Å². The summed E-state index contributed by atoms with van der Waals surface area (Å²) in [7, 11) is 0. The molecule has 0 spiro atoms. The van der Waals surface area contributed by atoms with Crippen LogP contribution in [-0.4, -0.2) is 17.2 Å². The molecule has 2 rings (SSSR count). The monoisotopic (exact) mass is 264 g/mol. The van der Waals surface area contributed by atoms with E-state index in [-0.39, 0.29) is 31.0 Å². The minimum atomic E-state index is -0.961. The second kappa shape index (κ2) is 6.10. The van der Waals surface area contributed by atoms with Crippen molar-refractivity contribution in [3.05, 3.63) is 28.8 Å². The second-order valence-corrected chi connectivity index (χ2v) is 4.49. The van der Waals surface area contributed by atoms with Crippen LogP contribution >= 0.6 is 11.6 Å². The van der Waals surface area contributed by atoms with Crippen LogP contribution in [0.5, 0.6) is 5.75 Å². The minimum Gasteiger partial charge on any atom is -1.00 e. The number of halogens is 1. The maximum absolute atomic E-state index is 10.7. The van der Waals surface area contributed by atoms with E-state index in [2.05, 4.69) is 0 Å². The Hall–Kier alpha value is -0.220. The molecule has 1 atom stereocenters. The van der Waals surface area contributed by atoms with Gasteiger partial charge in [0.05, 0.1) is 0 Å². The van der Waals surface area contributed by atoms with Gasteiger partial charge in [0.15, 0.2) is 6.10 Å². The van der Waals surface area contributed by atoms with Gasteiger partial charge in [-0.05, 0) is 49.4 Å². The molecule has 88 valence electrons. The number of carbonyl (C=O) groups is 1. The molecule has 1 N–H and O–H groups in total. The average Bonchev–Trinajstić information content (AvgIpc) is 3.04. The summed E-state index contributed by atoms with van der Waals surface area (Å²) in [5.74, 6) is 0.160. The summed E-state index contributed by atoms with van der Waals surface area (Å²) in [6.07, 6.45) is 1.41. The van der Waals surface area contributed by atoms with Crippen molar-refractivity contribution in [2.24, 2.45) is 0 Å². The van der Waals surface area contributed by atoms with Crippen LogP contribution in [0.15, 0.2) is 18.2 Å². The molecule has 0 saturated heterocycles. The summed E-state index contributed by atoms with van der Waals surface area (Å²) in [5, 5.41) is 9.46. The SMILES string of the molecule is C[C@H](Oc1ccc(Cl)cc1C1CC1)C(=O)O.[H-].[Na+]. The van der Waals surface area contributed by atoms with Crippen molar-refractivity contribution in [3.8, 4) is 5.75 Å². The van der Waals surface area contributed by atoms with Crippen molar-refractivity contribution >= 4 is 17.6 Å². The molecular weight excluding hydrogens is 251 g/mol. The zero-order valence-electron chi connectivity index (χ0n) is 10.9. The van der Waals surface area contributed by atoms with Gasteiger partial charge in [-0.15, -0.1) is 0 Å². The number of carboxylic acid groups (broad SMARTS) is 1. The predicted octanol–water partition coefficient (Wildman–Crippen LogP) is 0.186. The van der Waals surface area contributed by atoms with Crippen LogP contribution in [0, 0.1) is 0 Å². The largest absolute Gasteiger partial charge is 1.00 e. The van der Waals surface area contributed by atoms with Crippen molar-refractivity contribution < 1.29 is 45.6 Å². The van der Waals surface area contributed by atoms with Gasteiger partial charge in [0.1, 0.15) is 5.75 Å². The van der Waals surface area contributed by atoms with Gasteiger partial charge < -0.3 is 11.3 Å². The Bertz CT molecular complexity index is 424. The number of rotatable bonds is 4. The first-order chi connectivity index (χ1) is 7.58. The molecule has 0 heterocycles. The van der Waals surface area contributed by atoms with Gasteiger partial charge in [0.25, 0.3) is 0 Å². The molecule has 0 unspecified atom stereocenters. The van der Waals surface area contributed by atoms with Gasteiger partial charge >= 0.3 is 35.5 Å². The van der Waals surface area contributed by atoms with E-state index < -0.39 is 12.1 Å². The molecule has 1 saturated carbocycles. The van der Waals surface area contributed by atoms with Crippen molar-refractivity contribution in [1.82, 2.24) is 0 Å². The molecular formula is C12H14ClNaO3. The quantitative estimate of drug-likeness (QED) is 0.790. The molecule has 3 nitrogen and oxygen atoms in total. The molecule has 0 radical (unpaired) electrons. The summed E-state index contributed by atoms with van der Waals surface area (Å²) < 4.78 is 5.41. The van der Waals surface area contributed by atoms with E-state index in [0.717, 1.165) is 18.4 Å². The first-order valence-electron chi connectivity index (χ1n) is 5.27. The van der Waals surface area contributed by atoms with Crippen LogP contribution in [-0.2, 0) is 4.79 Å². The molecule has 0 aliphatic heterocycles. The first-order valence-corrected chi connectivity index (χ1v) is 5.64. The zero-order chi connectivity index (χ0) is 11.7. The van der Waals surface area contributed by atoms with Crippen LogP contribution < -0.4 is 34.3 Å². The number of carboxylic acids is 1. The molecule has 1 aromatic carbocycles. The van der Waals surface area contributed by atoms with Gasteiger partial charge in [0, 0.05) is 5.02 Å². The first kappa shape index (κ1) is 14.8. The number of hydrogen-bond donors (Lipinski definition) is 1. The summed E-state index contributed by atoms with van der Waals surface area (Å²) >= 11 is 5.92. The fraction of sp³-hybridized carbons (Fsp3) is 0.417. The minimum absolute atomic E-state index is 0. The van der Waals surface area contributed by atoms with Crippen LogP contribution in [0.4, 0.5) is 0 Å². The Morgan fingerprint density at radius 1 is 1.59 bits per heavy atom. The van der Waals surface area contributed by atoms with E-state index >= 15 is 0 Å². The van der Waals surface area contributed by atoms with Crippen molar-refractivity contribution in [2.75, 3.05) is 0 Å². The van der Waals surface area contributed by atoms with E-state index in [0.29, 0.717) is 16.7 Å². The number of aliphatic carboxylic acids is 1. The van der Waals surface area contributed by atoms with Crippen LogP contribution in [0.2, 0.25) is 5.02 Å². The molecule has 17 heavy (non-hydrogen) atoms. The zero-order valence-corrected chi connectivity index (χ0v) is 12.7. The van der Waals surface area contributed by atoms with Crippen molar-refractivity contribution in [3.63, 3.8) is 0 Å². The van der Waals surface area contributed by atoms with Gasteiger partial charge in [-0.1, -0.05) is 11.6 Å². The van der Waals surface area contributed by atoms with E-state index in [9.17, 15) is 4.79 Å². The van der Waals surface area contributed by atoms with Gasteiger partial charge in [-0.3, -0.25) is 0 Å². The molecule has 0 bridgehead atoms. The summed E-state index contributed by atoms with van der Waals surface area (Å²) in [4.78, 5) is 10.7. The van der Waals surface area contributed by atoms with E-state index in [1.807, 2.05) is 6.07 Å². The smallest absolute Gasteiger partial charge is 1.00 e. The fourth-order valence-electron chi connectivity index (χ4n) is 1.58. The number of hydrogen-bond acceptors (Lipinski definition) is 2. The Morgan fingerprint density at radius 2 is 2.24 bits per heavy atom. The molecule has 1 aliphatic rings. The molecule has 0 amide bonds. The summed E-state index contributed by atoms with van der Waals surface area (Å²) in [6.45, 7) is 1.52. The normalized spacial score (nSPS) is 15.9. The predicted molar refractivity (Wildman–Crippen MR) is 62.3 cm³/mol. The van der Waals surface area contributed by atoms with Crippen LogP contribution in [0.3, 0.4) is 0 Å². The Labute approximate surface area is 129 Å². The van der Waals surface area contributed by atoms with E-state index in [1.54, 1.807) is 12.1 Å². The third kappa shape index (κ3) is 3.88. The Kier molecular flexibility index (Phi) is 5.32. The summed E-state index contributed by atoms with van der Waals surface area (Å²) in [6, 6.07) is 5.33. The number of benzene rings is 1. The third-order valence-electron chi connectivity index (χ3n) is 2.64. The summed E-state index contributed by atoms with van der Waals surface area (Å²) in [5.41, 5.74) is 1.03. The van der Waals surface area contributed by atoms with Gasteiger partial charge in [-0.25, -0.2) is 4.79 Å². The van der Waals surface area contributed by atoms with Crippen molar-refractivity contribution in [2.45, 2.75) is 31.8 Å². The van der Waals surface area contributed by atoms with E-state index in [1.165, 1.54) is 6.92 Å². The topological polar surface area (TPSA) is 46.5 Å². The molecule has 0 aromatic heterocycles. The number of ether oxygens (including phenoxy) is 1. The maximum atomic E-state index is 10.7. The average molecular weight is 265 g/mol. The second-order valence-electron chi connectivity index (χ2n) is 4.05. The third-order valence-corrected chi connectivity index (χ3v) is 2.88. The van der Waals surface area contributed by atoms with E-state index in [4.69, 9.17) is 21.4 Å². The fourth-order valence-corrected chi connectivity index (χ4v) is 1.76. The molecule has 1 fully saturated rings. The Morgan fingerprint density at radius 3 is 2.76 bits per heavy atom. The Balaban J connectivity index is 0.00000144. The van der Waals surface area contributed by atoms with Gasteiger partial charge in [0.2, 0.25) is 0 Å². The van der Waals surface area contributed by atoms with Crippen molar-refractivity contribution in [1.29, 1.82) is 0 Å². The molecule has 1 aliphatic carbocycles. The molecule has 1 aromatic rings. The maximum Gasteiger partial charge on any atom is 1.00 e. The standard InChI is InChI=1S/C12H13ClO3.Na.H/c1-7(12(14)15)16-11-5-4-9(13)6-10(11)8-2-3-8;;/h4-8H,2-3H2,1H3,(H,14,15);;/q;+1;-1/t7-;;/m0../s1. The van der Waals surface area contributed by atoms with Crippen LogP contribution in [0.25, 0.3) is 0 Å².